The molecule has 142 valence electrons. The minimum atomic E-state index is -0.579. The van der Waals surface area contributed by atoms with Gasteiger partial charge in [-0.2, -0.15) is 0 Å². The number of methoxy groups -OCH3 is 1. The number of nitro benzene ring substituents is 2. The van der Waals surface area contributed by atoms with Gasteiger partial charge in [0.2, 0.25) is 0 Å². The van der Waals surface area contributed by atoms with Crippen LogP contribution in [0.1, 0.15) is 5.56 Å². The molecule has 11 heteroatoms. The maximum Gasteiger partial charge on any atom is 0.311 e. The summed E-state index contributed by atoms with van der Waals surface area (Å²) in [4.78, 5) is 35.2. The zero-order chi connectivity index (χ0) is 20.4. The van der Waals surface area contributed by atoms with Gasteiger partial charge < -0.3 is 4.74 Å². The van der Waals surface area contributed by atoms with Crippen LogP contribution in [-0.2, 0) is 4.79 Å². The number of benzene rings is 2. The van der Waals surface area contributed by atoms with Crippen molar-refractivity contribution in [1.29, 1.82) is 0 Å². The van der Waals surface area contributed by atoms with Gasteiger partial charge in [-0.1, -0.05) is 36.1 Å². The molecule has 0 aromatic heterocycles. The Balaban J connectivity index is 1.96. The molecule has 1 heterocycles. The number of hydrogen-bond acceptors (Lipinski definition) is 8. The molecule has 3 rings (SSSR count). The van der Waals surface area contributed by atoms with Gasteiger partial charge in [0.1, 0.15) is 0 Å². The van der Waals surface area contributed by atoms with Crippen molar-refractivity contribution in [3.05, 3.63) is 73.2 Å². The van der Waals surface area contributed by atoms with E-state index in [2.05, 4.69) is 0 Å². The number of hydrogen-bond donors (Lipinski definition) is 0. The van der Waals surface area contributed by atoms with E-state index < -0.39 is 15.8 Å². The number of thioether (sulfide) groups is 1. The van der Waals surface area contributed by atoms with E-state index in [-0.39, 0.29) is 32.0 Å². The van der Waals surface area contributed by atoms with Crippen LogP contribution < -0.4 is 9.64 Å². The first-order valence-corrected chi connectivity index (χ1v) is 8.89. The van der Waals surface area contributed by atoms with Gasteiger partial charge in [-0.05, 0) is 23.8 Å². The van der Waals surface area contributed by atoms with Crippen molar-refractivity contribution in [2.24, 2.45) is 0 Å². The lowest BCUT2D eigenvalue weighted by molar-refractivity contribution is -0.385. The van der Waals surface area contributed by atoms with Crippen molar-refractivity contribution in [3.63, 3.8) is 0 Å². The van der Waals surface area contributed by atoms with E-state index in [1.807, 2.05) is 0 Å². The largest absolute Gasteiger partial charge is 0.490 e. The fourth-order valence-electron chi connectivity index (χ4n) is 2.53. The van der Waals surface area contributed by atoms with Crippen molar-refractivity contribution in [3.8, 4) is 5.75 Å². The number of nitro groups is 2. The fourth-order valence-corrected chi connectivity index (χ4v) is 3.83. The van der Waals surface area contributed by atoms with Crippen LogP contribution in [0.15, 0.2) is 47.4 Å². The molecule has 0 N–H and O–H groups in total. The number of nitrogens with zero attached hydrogens (tertiary/aromatic N) is 3. The average Bonchev–Trinajstić information content (AvgIpc) is 2.94. The lowest BCUT2D eigenvalue weighted by atomic mass is 10.1. The maximum absolute atomic E-state index is 12.8. The molecule has 2 aromatic rings. The van der Waals surface area contributed by atoms with Gasteiger partial charge in [-0.15, -0.1) is 0 Å². The lowest BCUT2D eigenvalue weighted by Crippen LogP contribution is -2.27. The van der Waals surface area contributed by atoms with E-state index in [1.54, 1.807) is 12.1 Å². The number of non-ortho nitro benzene ring substituents is 1. The Labute approximate surface area is 167 Å². The number of rotatable bonds is 5. The summed E-state index contributed by atoms with van der Waals surface area (Å²) in [6, 6.07) is 9.87. The molecular formula is C17H11N3O6S2. The summed E-state index contributed by atoms with van der Waals surface area (Å²) < 4.78 is 5.16. The van der Waals surface area contributed by atoms with Crippen molar-refractivity contribution in [2.75, 3.05) is 12.0 Å². The Kier molecular flexibility index (Phi) is 5.38. The van der Waals surface area contributed by atoms with Crippen LogP contribution in [0.5, 0.6) is 5.75 Å². The van der Waals surface area contributed by atoms with E-state index >= 15 is 0 Å². The van der Waals surface area contributed by atoms with Crippen molar-refractivity contribution >= 4 is 57.3 Å². The van der Waals surface area contributed by atoms with Gasteiger partial charge in [0.05, 0.1) is 27.5 Å². The molecule has 1 aliphatic rings. The molecule has 0 saturated carbocycles. The SMILES string of the molecule is COc1ccc(/C=C2\SC(=S)N(c3cccc([N+](=O)[O-])c3)C2=O)cc1[N+](=O)[O-]. The molecule has 2 aromatic carbocycles. The molecule has 0 bridgehead atoms. The molecule has 1 fully saturated rings. The van der Waals surface area contributed by atoms with Crippen molar-refractivity contribution in [1.82, 2.24) is 0 Å². The van der Waals surface area contributed by atoms with Crippen LogP contribution in [0, 0.1) is 20.2 Å². The van der Waals surface area contributed by atoms with E-state index in [4.69, 9.17) is 17.0 Å². The van der Waals surface area contributed by atoms with E-state index in [1.165, 1.54) is 48.4 Å². The summed E-state index contributed by atoms with van der Waals surface area (Å²) in [5, 5.41) is 22.1. The van der Waals surface area contributed by atoms with Crippen LogP contribution in [0.25, 0.3) is 6.08 Å². The molecule has 0 spiro atoms. The van der Waals surface area contributed by atoms with Crippen molar-refractivity contribution in [2.45, 2.75) is 0 Å². The second-order valence-electron chi connectivity index (χ2n) is 5.48. The Hall–Kier alpha value is -3.31. The predicted molar refractivity (Wildman–Crippen MR) is 108 cm³/mol. The fraction of sp³-hybridized carbons (Fsp3) is 0.0588. The molecule has 1 saturated heterocycles. The maximum atomic E-state index is 12.8. The van der Waals surface area contributed by atoms with Crippen LogP contribution >= 0.6 is 24.0 Å². The van der Waals surface area contributed by atoms with Crippen LogP contribution in [0.2, 0.25) is 0 Å². The quantitative estimate of drug-likeness (QED) is 0.311. The number of anilines is 1. The molecule has 0 radical (unpaired) electrons. The molecule has 0 atom stereocenters. The highest BCUT2D eigenvalue weighted by Gasteiger charge is 2.34. The van der Waals surface area contributed by atoms with Gasteiger partial charge in [-0.25, -0.2) is 0 Å². The third kappa shape index (κ3) is 3.70. The highest BCUT2D eigenvalue weighted by Crippen LogP contribution is 2.37. The summed E-state index contributed by atoms with van der Waals surface area (Å²) in [6.45, 7) is 0. The van der Waals surface area contributed by atoms with Gasteiger partial charge in [-0.3, -0.25) is 29.9 Å². The van der Waals surface area contributed by atoms with Crippen LogP contribution in [-0.4, -0.2) is 27.2 Å². The molecule has 0 aliphatic carbocycles. The van der Waals surface area contributed by atoms with E-state index in [0.717, 1.165) is 11.8 Å². The standard InChI is InChI=1S/C17H11N3O6S2/c1-26-14-6-5-10(7-13(14)20(24)25)8-15-16(21)18(17(27)28-15)11-3-2-4-12(9-11)19(22)23/h2-9H,1H3/b15-8-. The summed E-state index contributed by atoms with van der Waals surface area (Å²) >= 11 is 6.25. The minimum Gasteiger partial charge on any atom is -0.490 e. The zero-order valence-corrected chi connectivity index (χ0v) is 15.9. The highest BCUT2D eigenvalue weighted by molar-refractivity contribution is 8.27. The molecule has 1 amide bonds. The first kappa shape index (κ1) is 19.5. The van der Waals surface area contributed by atoms with E-state index in [9.17, 15) is 25.0 Å². The Morgan fingerprint density at radius 3 is 2.54 bits per heavy atom. The first-order chi connectivity index (χ1) is 13.3. The molecule has 0 unspecified atom stereocenters. The number of carbonyl (C=O) groups is 1. The minimum absolute atomic E-state index is 0.103. The summed E-state index contributed by atoms with van der Waals surface area (Å²) in [6.07, 6.45) is 1.48. The molecule has 9 nitrogen and oxygen atoms in total. The number of amides is 1. The Morgan fingerprint density at radius 1 is 1.14 bits per heavy atom. The molecular weight excluding hydrogens is 406 g/mol. The third-order valence-electron chi connectivity index (χ3n) is 3.79. The van der Waals surface area contributed by atoms with Crippen LogP contribution in [0.4, 0.5) is 17.1 Å². The Bertz CT molecular complexity index is 1050. The molecule has 28 heavy (non-hydrogen) atoms. The zero-order valence-electron chi connectivity index (χ0n) is 14.2. The van der Waals surface area contributed by atoms with Crippen molar-refractivity contribution < 1.29 is 19.4 Å². The monoisotopic (exact) mass is 417 g/mol. The van der Waals surface area contributed by atoms with Crippen LogP contribution in [0.3, 0.4) is 0 Å². The predicted octanol–water partition coefficient (Wildman–Crippen LogP) is 3.92. The van der Waals surface area contributed by atoms with Gasteiger partial charge in [0.25, 0.3) is 11.6 Å². The van der Waals surface area contributed by atoms with Gasteiger partial charge in [0, 0.05) is 18.2 Å². The second-order valence-corrected chi connectivity index (χ2v) is 7.16. The summed E-state index contributed by atoms with van der Waals surface area (Å²) in [7, 11) is 1.33. The lowest BCUT2D eigenvalue weighted by Gasteiger charge is -2.13. The third-order valence-corrected chi connectivity index (χ3v) is 5.09. The number of thiocarbonyl (C=S) groups is 1. The summed E-state index contributed by atoms with van der Waals surface area (Å²) in [5.74, 6) is -0.361. The average molecular weight is 417 g/mol. The van der Waals surface area contributed by atoms with E-state index in [0.29, 0.717) is 5.56 Å². The topological polar surface area (TPSA) is 116 Å². The number of ether oxygens (including phenoxy) is 1. The van der Waals surface area contributed by atoms with Gasteiger partial charge >= 0.3 is 5.69 Å². The Morgan fingerprint density at radius 2 is 1.89 bits per heavy atom. The first-order valence-electron chi connectivity index (χ1n) is 7.66. The normalized spacial score (nSPS) is 15.2. The smallest absolute Gasteiger partial charge is 0.311 e. The molecule has 1 aliphatic heterocycles. The highest BCUT2D eigenvalue weighted by atomic mass is 32.2. The van der Waals surface area contributed by atoms with Gasteiger partial charge in [0.15, 0.2) is 10.1 Å². The second kappa shape index (κ2) is 7.74. The summed E-state index contributed by atoms with van der Waals surface area (Å²) in [5.41, 5.74) is 0.305. The number of carbonyl (C=O) groups excluding carboxylic acids is 1.